The molecule has 2 N–H and O–H groups in total. The van der Waals surface area contributed by atoms with Crippen LogP contribution in [0.25, 0.3) is 0 Å². The zero-order valence-electron chi connectivity index (χ0n) is 23.1. The lowest BCUT2D eigenvalue weighted by Gasteiger charge is -2.34. The molecule has 3 fully saturated rings. The van der Waals surface area contributed by atoms with Crippen molar-refractivity contribution < 1.29 is 14.1 Å². The number of rotatable bonds is 9. The molecule has 2 aromatic rings. The number of hydrogen-bond acceptors (Lipinski definition) is 9. The summed E-state index contributed by atoms with van der Waals surface area (Å²) in [7, 11) is 0. The average molecular weight is 526 g/mol. The Morgan fingerprint density at radius 2 is 1.92 bits per heavy atom. The van der Waals surface area contributed by atoms with E-state index in [0.717, 1.165) is 76.3 Å². The smallest absolute Gasteiger partial charge is 0.324 e. The summed E-state index contributed by atoms with van der Waals surface area (Å²) < 4.78 is 11.5. The summed E-state index contributed by atoms with van der Waals surface area (Å²) in [6, 6.07) is 4.70. The molecule has 0 aliphatic carbocycles. The van der Waals surface area contributed by atoms with Gasteiger partial charge in [-0.05, 0) is 50.0 Å². The van der Waals surface area contributed by atoms with Gasteiger partial charge in [-0.25, -0.2) is 4.98 Å². The first-order chi connectivity index (χ1) is 18.4. The fourth-order valence-corrected chi connectivity index (χ4v) is 6.01. The number of carbonyl (C=O) groups excluding carboxylic acids is 1. The van der Waals surface area contributed by atoms with Gasteiger partial charge in [-0.15, -0.1) is 0 Å². The van der Waals surface area contributed by atoms with Gasteiger partial charge in [0, 0.05) is 57.2 Å². The number of nitrogens with two attached hydrogens (primary N) is 1. The van der Waals surface area contributed by atoms with Gasteiger partial charge < -0.3 is 29.7 Å². The first-order valence-corrected chi connectivity index (χ1v) is 14.4. The molecule has 3 aliphatic rings. The molecule has 3 aliphatic heterocycles. The van der Waals surface area contributed by atoms with Gasteiger partial charge in [-0.1, -0.05) is 25.9 Å². The normalized spacial score (nSPS) is 23.9. The highest BCUT2D eigenvalue weighted by Crippen LogP contribution is 2.30. The number of likely N-dealkylation sites (tertiary alicyclic amines) is 1. The van der Waals surface area contributed by atoms with E-state index in [1.807, 2.05) is 17.2 Å². The fraction of sp³-hybridized carbons (Fsp3) is 0.714. The summed E-state index contributed by atoms with van der Waals surface area (Å²) in [5, 5.41) is 4.10. The van der Waals surface area contributed by atoms with Crippen molar-refractivity contribution in [2.45, 2.75) is 77.3 Å². The monoisotopic (exact) mass is 525 g/mol. The third kappa shape index (κ3) is 6.06. The Balaban J connectivity index is 1.04. The van der Waals surface area contributed by atoms with Crippen LogP contribution in [0.5, 0.6) is 5.88 Å². The number of pyridine rings is 1. The van der Waals surface area contributed by atoms with E-state index in [0.29, 0.717) is 36.8 Å². The van der Waals surface area contributed by atoms with E-state index >= 15 is 0 Å². The number of hydrogen-bond donors (Lipinski definition) is 1. The number of ether oxygens (including phenoxy) is 1. The summed E-state index contributed by atoms with van der Waals surface area (Å²) in [6.45, 7) is 11.4. The van der Waals surface area contributed by atoms with Gasteiger partial charge in [0.05, 0.1) is 24.5 Å². The highest BCUT2D eigenvalue weighted by Gasteiger charge is 2.37. The number of carbonyl (C=O) groups is 1. The summed E-state index contributed by atoms with van der Waals surface area (Å²) in [4.78, 5) is 27.9. The second kappa shape index (κ2) is 11.9. The van der Waals surface area contributed by atoms with Crippen molar-refractivity contribution in [2.75, 3.05) is 49.1 Å². The van der Waals surface area contributed by atoms with Crippen molar-refractivity contribution in [2.24, 2.45) is 17.6 Å². The Labute approximate surface area is 225 Å². The van der Waals surface area contributed by atoms with Gasteiger partial charge in [0.15, 0.2) is 5.82 Å². The predicted octanol–water partition coefficient (Wildman–Crippen LogP) is 3.44. The standard InChI is InChI=1S/C28H43N7O3/c1-19(2)27-31-28(38-32-27)33-13-9-21(10-14-33)20(3)11-15-37-25-8-7-22(16-30-25)34-17-23(29)24(18-34)35-12-5-4-6-26(35)36/h7-8,16,19-21,23-24H,4-6,9-15,17-18,29H2,1-3H3/t20?,23-,24-/m0/s1. The van der Waals surface area contributed by atoms with Crippen LogP contribution < -0.4 is 20.3 Å². The lowest BCUT2D eigenvalue weighted by atomic mass is 9.84. The van der Waals surface area contributed by atoms with Crippen LogP contribution in [0.3, 0.4) is 0 Å². The van der Waals surface area contributed by atoms with Gasteiger partial charge in [0.2, 0.25) is 11.8 Å². The minimum atomic E-state index is -0.0362. The lowest BCUT2D eigenvalue weighted by molar-refractivity contribution is -0.135. The molecule has 0 aromatic carbocycles. The molecule has 3 saturated heterocycles. The van der Waals surface area contributed by atoms with Gasteiger partial charge >= 0.3 is 6.01 Å². The van der Waals surface area contributed by atoms with Crippen molar-refractivity contribution in [3.05, 3.63) is 24.2 Å². The second-order valence-electron chi connectivity index (χ2n) is 11.6. The minimum Gasteiger partial charge on any atom is -0.478 e. The van der Waals surface area contributed by atoms with E-state index in [1.165, 1.54) is 0 Å². The van der Waals surface area contributed by atoms with Gasteiger partial charge in [-0.3, -0.25) is 4.79 Å². The zero-order valence-corrected chi connectivity index (χ0v) is 23.1. The van der Waals surface area contributed by atoms with Crippen molar-refractivity contribution in [1.29, 1.82) is 0 Å². The second-order valence-corrected chi connectivity index (χ2v) is 11.6. The molecule has 0 bridgehead atoms. The molecule has 10 heteroatoms. The Morgan fingerprint density at radius 1 is 1.11 bits per heavy atom. The number of aromatic nitrogens is 3. The van der Waals surface area contributed by atoms with E-state index in [4.69, 9.17) is 15.0 Å². The van der Waals surface area contributed by atoms with Crippen molar-refractivity contribution in [3.63, 3.8) is 0 Å². The molecule has 1 unspecified atom stereocenters. The molecule has 2 aromatic heterocycles. The lowest BCUT2D eigenvalue weighted by Crippen LogP contribution is -2.51. The maximum atomic E-state index is 12.4. The molecule has 3 atom stereocenters. The summed E-state index contributed by atoms with van der Waals surface area (Å²) >= 11 is 0. The maximum Gasteiger partial charge on any atom is 0.324 e. The molecule has 208 valence electrons. The predicted molar refractivity (Wildman–Crippen MR) is 146 cm³/mol. The van der Waals surface area contributed by atoms with E-state index in [1.54, 1.807) is 0 Å². The van der Waals surface area contributed by atoms with Crippen molar-refractivity contribution in [3.8, 4) is 5.88 Å². The Morgan fingerprint density at radius 3 is 2.61 bits per heavy atom. The summed E-state index contributed by atoms with van der Waals surface area (Å²) in [5.74, 6) is 3.18. The molecule has 0 saturated carbocycles. The Hall–Kier alpha value is -2.88. The van der Waals surface area contributed by atoms with Crippen LogP contribution in [0.1, 0.15) is 71.0 Å². The van der Waals surface area contributed by atoms with Crippen LogP contribution in [0.2, 0.25) is 0 Å². The number of anilines is 2. The van der Waals surface area contributed by atoms with Crippen LogP contribution in [0.15, 0.2) is 22.9 Å². The van der Waals surface area contributed by atoms with Crippen LogP contribution in [-0.2, 0) is 4.79 Å². The SMILES string of the molecule is CC(C)c1noc(N2CCC(C(C)CCOc3ccc(N4C[C@H](N)[C@@H](N5CCCCC5=O)C4)cn3)CC2)n1. The molecule has 0 radical (unpaired) electrons. The van der Waals surface area contributed by atoms with Gasteiger partial charge in [-0.2, -0.15) is 4.98 Å². The third-order valence-electron chi connectivity index (χ3n) is 8.56. The maximum absolute atomic E-state index is 12.4. The topological polar surface area (TPSA) is 114 Å². The first kappa shape index (κ1) is 26.7. The molecule has 10 nitrogen and oxygen atoms in total. The Bertz CT molecular complexity index is 1050. The highest BCUT2D eigenvalue weighted by molar-refractivity contribution is 5.77. The number of amides is 1. The third-order valence-corrected chi connectivity index (χ3v) is 8.56. The average Bonchev–Trinajstić information content (AvgIpc) is 3.57. The fourth-order valence-electron chi connectivity index (χ4n) is 6.01. The van der Waals surface area contributed by atoms with Gasteiger partial charge in [0.1, 0.15) is 0 Å². The molecule has 5 heterocycles. The van der Waals surface area contributed by atoms with Crippen molar-refractivity contribution >= 4 is 17.6 Å². The summed E-state index contributed by atoms with van der Waals surface area (Å²) in [5.41, 5.74) is 7.47. The number of piperidine rings is 2. The van der Waals surface area contributed by atoms with E-state index in [2.05, 4.69) is 51.8 Å². The summed E-state index contributed by atoms with van der Waals surface area (Å²) in [6.07, 6.45) is 7.81. The van der Waals surface area contributed by atoms with E-state index < -0.39 is 0 Å². The van der Waals surface area contributed by atoms with Gasteiger partial charge in [0.25, 0.3) is 0 Å². The molecular formula is C28H43N7O3. The molecule has 5 rings (SSSR count). The molecule has 38 heavy (non-hydrogen) atoms. The van der Waals surface area contributed by atoms with E-state index in [9.17, 15) is 4.79 Å². The highest BCUT2D eigenvalue weighted by atomic mass is 16.5. The zero-order chi connectivity index (χ0) is 26.6. The minimum absolute atomic E-state index is 0.0362. The van der Waals surface area contributed by atoms with Crippen LogP contribution in [-0.4, -0.2) is 77.3 Å². The van der Waals surface area contributed by atoms with Crippen LogP contribution >= 0.6 is 0 Å². The van der Waals surface area contributed by atoms with E-state index in [-0.39, 0.29) is 23.9 Å². The quantitative estimate of drug-likeness (QED) is 0.526. The van der Waals surface area contributed by atoms with Crippen LogP contribution in [0, 0.1) is 11.8 Å². The molecule has 1 amide bonds. The van der Waals surface area contributed by atoms with Crippen LogP contribution in [0.4, 0.5) is 11.7 Å². The molecule has 0 spiro atoms. The number of nitrogens with zero attached hydrogens (tertiary/aromatic N) is 6. The molecular weight excluding hydrogens is 482 g/mol. The Kier molecular flexibility index (Phi) is 8.35. The largest absolute Gasteiger partial charge is 0.478 e. The van der Waals surface area contributed by atoms with Crippen molar-refractivity contribution in [1.82, 2.24) is 20.0 Å². The first-order valence-electron chi connectivity index (χ1n) is 14.4.